The molecular weight excluding hydrogens is 442 g/mol. The van der Waals surface area contributed by atoms with Gasteiger partial charge in [0.2, 0.25) is 0 Å². The molecule has 1 N–H and O–H groups in total. The van der Waals surface area contributed by atoms with E-state index in [2.05, 4.69) is 21.2 Å². The maximum atomic E-state index is 13.1. The molecule has 0 heterocycles. The Balaban J connectivity index is 2.01. The summed E-state index contributed by atoms with van der Waals surface area (Å²) in [4.78, 5) is 25.0. The highest BCUT2D eigenvalue weighted by Crippen LogP contribution is 2.29. The molecule has 3 aromatic rings. The zero-order valence-corrected chi connectivity index (χ0v) is 17.6. The maximum absolute atomic E-state index is 13.1. The largest absolute Gasteiger partial charge is 0.465 e. The van der Waals surface area contributed by atoms with Gasteiger partial charge in [-0.05, 0) is 53.6 Å². The van der Waals surface area contributed by atoms with Crippen LogP contribution in [0.15, 0.2) is 65.1 Å². The number of anilines is 1. The molecule has 0 spiro atoms. The molecule has 0 fully saturated rings. The normalized spacial score (nSPS) is 10.4. The Kier molecular flexibility index (Phi) is 6.17. The molecule has 0 aliphatic heterocycles. The fourth-order valence-electron chi connectivity index (χ4n) is 2.88. The van der Waals surface area contributed by atoms with E-state index in [1.54, 1.807) is 25.2 Å². The van der Waals surface area contributed by atoms with E-state index in [1.165, 1.54) is 13.2 Å². The fraction of sp³-hybridized carbons (Fsp3) is 0.0909. The van der Waals surface area contributed by atoms with Gasteiger partial charge in [-0.1, -0.05) is 45.7 Å². The molecule has 6 heteroatoms. The molecule has 0 saturated heterocycles. The summed E-state index contributed by atoms with van der Waals surface area (Å²) in [6.45, 7) is 0. The topological polar surface area (TPSA) is 55.4 Å². The van der Waals surface area contributed by atoms with Crippen LogP contribution in [0.25, 0.3) is 11.1 Å². The Bertz CT molecular complexity index is 1050. The average molecular weight is 459 g/mol. The molecule has 0 aliphatic rings. The Morgan fingerprint density at radius 1 is 0.929 bits per heavy atom. The number of esters is 1. The lowest BCUT2D eigenvalue weighted by Crippen LogP contribution is -2.08. The smallest absolute Gasteiger partial charge is 0.337 e. The van der Waals surface area contributed by atoms with Crippen LogP contribution >= 0.6 is 27.5 Å². The fourth-order valence-corrected chi connectivity index (χ4v) is 3.50. The van der Waals surface area contributed by atoms with Crippen LogP contribution < -0.4 is 5.32 Å². The van der Waals surface area contributed by atoms with E-state index in [0.717, 1.165) is 11.1 Å². The van der Waals surface area contributed by atoms with Crippen LogP contribution in [0.4, 0.5) is 5.69 Å². The Labute approximate surface area is 176 Å². The molecule has 0 saturated carbocycles. The van der Waals surface area contributed by atoms with Gasteiger partial charge < -0.3 is 10.1 Å². The number of ether oxygens (including phenoxy) is 1. The van der Waals surface area contributed by atoms with Crippen LogP contribution in [-0.2, 0) is 4.74 Å². The van der Waals surface area contributed by atoms with Crippen LogP contribution in [0.3, 0.4) is 0 Å². The zero-order chi connectivity index (χ0) is 20.3. The monoisotopic (exact) mass is 457 g/mol. The molecule has 0 amide bonds. The zero-order valence-electron chi connectivity index (χ0n) is 15.3. The van der Waals surface area contributed by atoms with Crippen LogP contribution in [0, 0.1) is 0 Å². The van der Waals surface area contributed by atoms with E-state index in [-0.39, 0.29) is 5.78 Å². The van der Waals surface area contributed by atoms with Crippen molar-refractivity contribution in [2.75, 3.05) is 19.5 Å². The Hall–Kier alpha value is -2.63. The van der Waals surface area contributed by atoms with Crippen molar-refractivity contribution < 1.29 is 14.3 Å². The molecule has 4 nitrogen and oxygen atoms in total. The van der Waals surface area contributed by atoms with Gasteiger partial charge in [0.25, 0.3) is 0 Å². The lowest BCUT2D eigenvalue weighted by molar-refractivity contribution is 0.0600. The van der Waals surface area contributed by atoms with Gasteiger partial charge in [0.15, 0.2) is 5.78 Å². The minimum atomic E-state index is -0.498. The molecular formula is C22H17BrClNO3. The second-order valence-corrected chi connectivity index (χ2v) is 7.42. The van der Waals surface area contributed by atoms with Crippen molar-refractivity contribution in [3.05, 3.63) is 86.8 Å². The van der Waals surface area contributed by atoms with E-state index in [0.29, 0.717) is 31.9 Å². The van der Waals surface area contributed by atoms with Crippen LogP contribution in [0.2, 0.25) is 5.02 Å². The second-order valence-electron chi connectivity index (χ2n) is 6.07. The van der Waals surface area contributed by atoms with Gasteiger partial charge in [-0.3, -0.25) is 4.79 Å². The molecule has 28 heavy (non-hydrogen) atoms. The number of rotatable bonds is 5. The third-order valence-electron chi connectivity index (χ3n) is 4.29. The summed E-state index contributed by atoms with van der Waals surface area (Å²) in [7, 11) is 3.07. The van der Waals surface area contributed by atoms with Gasteiger partial charge in [0.1, 0.15) is 0 Å². The van der Waals surface area contributed by atoms with Gasteiger partial charge in [-0.2, -0.15) is 0 Å². The van der Waals surface area contributed by atoms with Gasteiger partial charge in [-0.25, -0.2) is 4.79 Å². The summed E-state index contributed by atoms with van der Waals surface area (Å²) in [5.41, 5.74) is 3.86. The standard InChI is InChI=1S/C22H17BrClNO3/c1-25-20-12-14(13-3-6-18(24)7-4-13)5-8-19(20)21(26)15-9-16(22(27)28-2)11-17(23)10-15/h3-12,25H,1-2H3. The summed E-state index contributed by atoms with van der Waals surface area (Å²) in [6, 6.07) is 17.9. The lowest BCUT2D eigenvalue weighted by Gasteiger charge is -2.12. The van der Waals surface area contributed by atoms with Gasteiger partial charge in [0, 0.05) is 33.4 Å². The second kappa shape index (κ2) is 8.59. The van der Waals surface area contributed by atoms with Crippen LogP contribution in [0.1, 0.15) is 26.3 Å². The first-order valence-corrected chi connectivity index (χ1v) is 9.61. The average Bonchev–Trinajstić information content (AvgIpc) is 2.72. The number of carbonyl (C=O) groups excluding carboxylic acids is 2. The SMILES string of the molecule is CNc1cc(-c2ccc(Cl)cc2)ccc1C(=O)c1cc(Br)cc(C(=O)OC)c1. The quantitative estimate of drug-likeness (QED) is 0.386. The highest BCUT2D eigenvalue weighted by molar-refractivity contribution is 9.10. The van der Waals surface area contributed by atoms with Gasteiger partial charge in [-0.15, -0.1) is 0 Å². The lowest BCUT2D eigenvalue weighted by atomic mass is 9.96. The summed E-state index contributed by atoms with van der Waals surface area (Å²) in [5, 5.41) is 3.75. The number of hydrogen-bond donors (Lipinski definition) is 1. The number of nitrogens with one attached hydrogen (secondary N) is 1. The summed E-state index contributed by atoms with van der Waals surface area (Å²) < 4.78 is 5.38. The summed E-state index contributed by atoms with van der Waals surface area (Å²) in [6.07, 6.45) is 0. The first-order chi connectivity index (χ1) is 13.4. The third-order valence-corrected chi connectivity index (χ3v) is 5.00. The first-order valence-electron chi connectivity index (χ1n) is 8.44. The van der Waals surface area contributed by atoms with Crippen molar-refractivity contribution in [3.63, 3.8) is 0 Å². The molecule has 0 aliphatic carbocycles. The van der Waals surface area contributed by atoms with Crippen molar-refractivity contribution in [2.45, 2.75) is 0 Å². The van der Waals surface area contributed by atoms with E-state index in [1.807, 2.05) is 36.4 Å². The highest BCUT2D eigenvalue weighted by Gasteiger charge is 2.17. The Morgan fingerprint density at radius 3 is 2.21 bits per heavy atom. The highest BCUT2D eigenvalue weighted by atomic mass is 79.9. The van der Waals surface area contributed by atoms with Crippen molar-refractivity contribution in [1.82, 2.24) is 0 Å². The predicted molar refractivity (Wildman–Crippen MR) is 115 cm³/mol. The third kappa shape index (κ3) is 4.26. The number of hydrogen-bond acceptors (Lipinski definition) is 4. The number of ketones is 1. The van der Waals surface area contributed by atoms with E-state index in [4.69, 9.17) is 16.3 Å². The molecule has 0 radical (unpaired) electrons. The van der Waals surface area contributed by atoms with Gasteiger partial charge in [0.05, 0.1) is 12.7 Å². The van der Waals surface area contributed by atoms with Gasteiger partial charge >= 0.3 is 5.97 Å². The molecule has 0 bridgehead atoms. The first kappa shape index (κ1) is 20.1. The molecule has 142 valence electrons. The molecule has 0 unspecified atom stereocenters. The molecule has 3 aromatic carbocycles. The van der Waals surface area contributed by atoms with Crippen molar-refractivity contribution in [2.24, 2.45) is 0 Å². The van der Waals surface area contributed by atoms with Crippen molar-refractivity contribution >= 4 is 45.0 Å². The van der Waals surface area contributed by atoms with E-state index >= 15 is 0 Å². The molecule has 3 rings (SSSR count). The number of carbonyl (C=O) groups is 2. The van der Waals surface area contributed by atoms with Crippen molar-refractivity contribution in [3.8, 4) is 11.1 Å². The summed E-state index contributed by atoms with van der Waals surface area (Å²) in [5.74, 6) is -0.694. The number of halogens is 2. The van der Waals surface area contributed by atoms with Crippen molar-refractivity contribution in [1.29, 1.82) is 0 Å². The predicted octanol–water partition coefficient (Wildman–Crippen LogP) is 5.83. The van der Waals surface area contributed by atoms with Crippen LogP contribution in [-0.4, -0.2) is 25.9 Å². The van der Waals surface area contributed by atoms with E-state index in [9.17, 15) is 9.59 Å². The van der Waals surface area contributed by atoms with E-state index < -0.39 is 5.97 Å². The maximum Gasteiger partial charge on any atom is 0.337 e. The number of benzene rings is 3. The molecule has 0 aromatic heterocycles. The summed E-state index contributed by atoms with van der Waals surface area (Å²) >= 11 is 9.31. The minimum Gasteiger partial charge on any atom is -0.465 e. The Morgan fingerprint density at radius 2 is 1.57 bits per heavy atom. The minimum absolute atomic E-state index is 0.196. The molecule has 0 atom stereocenters. The van der Waals surface area contributed by atoms with Crippen LogP contribution in [0.5, 0.6) is 0 Å². The number of methoxy groups -OCH3 is 1.